The van der Waals surface area contributed by atoms with Gasteiger partial charge in [-0.2, -0.15) is 5.10 Å². The fourth-order valence-corrected chi connectivity index (χ4v) is 1.51. The van der Waals surface area contributed by atoms with Crippen LogP contribution >= 0.6 is 23.2 Å². The van der Waals surface area contributed by atoms with E-state index in [1.807, 2.05) is 6.07 Å². The van der Waals surface area contributed by atoms with Gasteiger partial charge < -0.3 is 5.32 Å². The summed E-state index contributed by atoms with van der Waals surface area (Å²) in [6, 6.07) is 1.81. The van der Waals surface area contributed by atoms with Crippen LogP contribution in [0.4, 0.5) is 5.82 Å². The molecule has 1 aliphatic heterocycles. The van der Waals surface area contributed by atoms with Gasteiger partial charge in [-0.3, -0.25) is 0 Å². The van der Waals surface area contributed by atoms with E-state index in [1.165, 1.54) is 0 Å². The number of hydrogen-bond acceptors (Lipinski definition) is 2. The summed E-state index contributed by atoms with van der Waals surface area (Å²) >= 11 is 11.6. The van der Waals surface area contributed by atoms with Crippen LogP contribution in [-0.2, 0) is 0 Å². The minimum absolute atomic E-state index is 0.244. The van der Waals surface area contributed by atoms with E-state index >= 15 is 0 Å². The molecule has 11 heavy (non-hydrogen) atoms. The normalized spacial score (nSPS) is 22.0. The van der Waals surface area contributed by atoms with Gasteiger partial charge in [0.25, 0.3) is 0 Å². The number of nitrogens with zero attached hydrogens (tertiary/aromatic N) is 2. The van der Waals surface area contributed by atoms with Gasteiger partial charge in [0.05, 0.1) is 6.20 Å². The summed E-state index contributed by atoms with van der Waals surface area (Å²) in [6.07, 6.45) is 3.34. The second-order valence-electron chi connectivity index (χ2n) is 2.16. The Kier molecular flexibility index (Phi) is 1.55. The summed E-state index contributed by atoms with van der Waals surface area (Å²) in [7, 11) is 0. The molecular formula is C6H5Cl2N3. The Hall–Kier alpha value is -0.670. The van der Waals surface area contributed by atoms with Crippen LogP contribution < -0.4 is 5.32 Å². The molecule has 0 aliphatic carbocycles. The van der Waals surface area contributed by atoms with Crippen LogP contribution in [0.15, 0.2) is 18.3 Å². The van der Waals surface area contributed by atoms with Crippen molar-refractivity contribution in [3.05, 3.63) is 18.3 Å². The predicted octanol–water partition coefficient (Wildman–Crippen LogP) is 1.91. The van der Waals surface area contributed by atoms with Crippen molar-refractivity contribution in [3.8, 4) is 0 Å². The first kappa shape index (κ1) is 7.00. The Balaban J connectivity index is 2.50. The summed E-state index contributed by atoms with van der Waals surface area (Å²) in [5.74, 6) is 0.817. The van der Waals surface area contributed by atoms with Gasteiger partial charge in [0, 0.05) is 6.07 Å². The molecule has 0 amide bonds. The van der Waals surface area contributed by atoms with Crippen LogP contribution in [0, 0.1) is 0 Å². The lowest BCUT2D eigenvalue weighted by molar-refractivity contribution is 0.896. The second-order valence-corrected chi connectivity index (χ2v) is 3.02. The Labute approximate surface area is 73.6 Å². The first-order chi connectivity index (χ1) is 5.27. The Bertz CT molecular complexity index is 305. The molecule has 0 fully saturated rings. The summed E-state index contributed by atoms with van der Waals surface area (Å²) in [5, 5.41) is 7.47. The van der Waals surface area contributed by atoms with E-state index < -0.39 is 0 Å². The number of rotatable bonds is 0. The second kappa shape index (κ2) is 2.43. The molecular weight excluding hydrogens is 185 g/mol. The van der Waals surface area contributed by atoms with Crippen molar-refractivity contribution in [1.29, 1.82) is 0 Å². The average molecular weight is 190 g/mol. The molecule has 0 radical (unpaired) electrons. The number of aromatic nitrogens is 2. The van der Waals surface area contributed by atoms with Crippen molar-refractivity contribution >= 4 is 34.2 Å². The van der Waals surface area contributed by atoms with Gasteiger partial charge in [-0.15, -0.1) is 0 Å². The highest BCUT2D eigenvalue weighted by atomic mass is 35.5. The molecule has 1 atom stereocenters. The van der Waals surface area contributed by atoms with Crippen molar-refractivity contribution in [3.63, 3.8) is 0 Å². The van der Waals surface area contributed by atoms with Gasteiger partial charge in [-0.25, -0.2) is 4.68 Å². The fraction of sp³-hybridized carbons (Fsp3) is 0.167. The minimum atomic E-state index is -0.244. The van der Waals surface area contributed by atoms with E-state index in [2.05, 4.69) is 10.4 Å². The van der Waals surface area contributed by atoms with E-state index in [0.29, 0.717) is 5.16 Å². The summed E-state index contributed by atoms with van der Waals surface area (Å²) in [5.41, 5.74) is -0.244. The number of hydrogen-bond donors (Lipinski definition) is 1. The van der Waals surface area contributed by atoms with E-state index in [0.717, 1.165) is 5.82 Å². The van der Waals surface area contributed by atoms with Crippen molar-refractivity contribution in [1.82, 2.24) is 9.78 Å². The van der Waals surface area contributed by atoms with Crippen LogP contribution in [0.1, 0.15) is 0 Å². The molecule has 1 aliphatic rings. The van der Waals surface area contributed by atoms with Crippen LogP contribution in [0.3, 0.4) is 0 Å². The van der Waals surface area contributed by atoms with E-state index in [1.54, 1.807) is 17.0 Å². The number of alkyl halides is 1. The number of anilines is 1. The molecule has 58 valence electrons. The van der Waals surface area contributed by atoms with E-state index in [-0.39, 0.29) is 5.50 Å². The van der Waals surface area contributed by atoms with Crippen molar-refractivity contribution in [2.24, 2.45) is 0 Å². The zero-order valence-corrected chi connectivity index (χ0v) is 6.97. The zero-order valence-electron chi connectivity index (χ0n) is 5.46. The quantitative estimate of drug-likeness (QED) is 0.500. The maximum Gasteiger partial charge on any atom is 0.132 e. The molecule has 2 heterocycles. The molecule has 1 aromatic heterocycles. The molecule has 0 aromatic carbocycles. The van der Waals surface area contributed by atoms with Crippen LogP contribution in [0.25, 0.3) is 5.16 Å². The lowest BCUT2D eigenvalue weighted by Gasteiger charge is -2.16. The lowest BCUT2D eigenvalue weighted by Crippen LogP contribution is -2.18. The molecule has 1 N–H and O–H groups in total. The monoisotopic (exact) mass is 189 g/mol. The predicted molar refractivity (Wildman–Crippen MR) is 45.6 cm³/mol. The molecule has 1 unspecified atom stereocenters. The number of halogens is 2. The smallest absolute Gasteiger partial charge is 0.132 e. The highest BCUT2D eigenvalue weighted by Gasteiger charge is 2.14. The molecule has 0 saturated carbocycles. The molecule has 0 bridgehead atoms. The third-order valence-corrected chi connectivity index (χ3v) is 1.94. The largest absolute Gasteiger partial charge is 0.351 e. The number of nitrogens with one attached hydrogen (secondary N) is 1. The fourth-order valence-electron chi connectivity index (χ4n) is 0.957. The van der Waals surface area contributed by atoms with Gasteiger partial charge in [-0.05, 0) is 6.08 Å². The van der Waals surface area contributed by atoms with Gasteiger partial charge in [0.15, 0.2) is 0 Å². The van der Waals surface area contributed by atoms with Crippen LogP contribution in [0.2, 0.25) is 0 Å². The van der Waals surface area contributed by atoms with Crippen molar-refractivity contribution in [2.75, 3.05) is 5.32 Å². The first-order valence-corrected chi connectivity index (χ1v) is 3.91. The van der Waals surface area contributed by atoms with Crippen LogP contribution in [0.5, 0.6) is 0 Å². The van der Waals surface area contributed by atoms with Crippen molar-refractivity contribution < 1.29 is 0 Å². The molecule has 0 saturated heterocycles. The van der Waals surface area contributed by atoms with Gasteiger partial charge in [-0.1, -0.05) is 23.2 Å². The Morgan fingerprint density at radius 1 is 1.64 bits per heavy atom. The highest BCUT2D eigenvalue weighted by Crippen LogP contribution is 2.24. The SMILES string of the molecule is ClC1=CC(Cl)Nc2ccnn21. The van der Waals surface area contributed by atoms with Crippen molar-refractivity contribution in [2.45, 2.75) is 5.50 Å². The molecule has 2 rings (SSSR count). The number of fused-ring (bicyclic) bond motifs is 1. The summed E-state index contributed by atoms with van der Waals surface area (Å²) < 4.78 is 1.58. The molecule has 5 heteroatoms. The minimum Gasteiger partial charge on any atom is -0.351 e. The van der Waals surface area contributed by atoms with E-state index in [9.17, 15) is 0 Å². The maximum atomic E-state index is 5.82. The topological polar surface area (TPSA) is 29.9 Å². The van der Waals surface area contributed by atoms with Gasteiger partial charge >= 0.3 is 0 Å². The van der Waals surface area contributed by atoms with Gasteiger partial charge in [0.1, 0.15) is 16.5 Å². The standard InChI is InChI=1S/C6H5Cl2N3/c7-4-3-5(8)11-6(10-4)1-2-9-11/h1-4,10H. The Morgan fingerprint density at radius 3 is 3.27 bits per heavy atom. The van der Waals surface area contributed by atoms with Gasteiger partial charge in [0.2, 0.25) is 0 Å². The molecule has 0 spiro atoms. The van der Waals surface area contributed by atoms with E-state index in [4.69, 9.17) is 23.2 Å². The lowest BCUT2D eigenvalue weighted by atomic mass is 10.5. The molecule has 1 aromatic rings. The third-order valence-electron chi connectivity index (χ3n) is 1.41. The first-order valence-electron chi connectivity index (χ1n) is 3.10. The zero-order chi connectivity index (χ0) is 7.84. The molecule has 3 nitrogen and oxygen atoms in total. The summed E-state index contributed by atoms with van der Waals surface area (Å²) in [6.45, 7) is 0. The summed E-state index contributed by atoms with van der Waals surface area (Å²) in [4.78, 5) is 0. The average Bonchev–Trinajstić information content (AvgIpc) is 2.34. The van der Waals surface area contributed by atoms with Crippen LogP contribution in [-0.4, -0.2) is 15.3 Å². The third kappa shape index (κ3) is 1.10. The highest BCUT2D eigenvalue weighted by molar-refractivity contribution is 6.46. The Morgan fingerprint density at radius 2 is 2.45 bits per heavy atom. The maximum absolute atomic E-state index is 5.82.